The summed E-state index contributed by atoms with van der Waals surface area (Å²) >= 11 is 5.65. The maximum Gasteiger partial charge on any atom is 0.290 e. The largest absolute Gasteiger partial charge is 0.483 e. The number of hydrogen-bond donors (Lipinski definition) is 1. The van der Waals surface area contributed by atoms with E-state index in [0.717, 1.165) is 5.56 Å². The second-order valence-electron chi connectivity index (χ2n) is 3.14. The van der Waals surface area contributed by atoms with Gasteiger partial charge in [-0.2, -0.15) is 0 Å². The molecule has 0 atom stereocenters. The topological polar surface area (TPSA) is 55.0 Å². The molecule has 16 heavy (non-hydrogen) atoms. The van der Waals surface area contributed by atoms with E-state index in [9.17, 15) is 4.79 Å². The number of rotatable bonds is 3. The molecule has 5 heteroatoms. The molecule has 0 aliphatic carbocycles. The highest BCUT2D eigenvalue weighted by Gasteiger charge is 2.00. The van der Waals surface area contributed by atoms with Crippen molar-refractivity contribution in [3.8, 4) is 5.75 Å². The molecule has 0 spiro atoms. The molecule has 0 radical (unpaired) electrons. The number of aromatic nitrogens is 2. The molecule has 0 fully saturated rings. The first-order chi connectivity index (χ1) is 7.75. The number of H-pyrrole nitrogens is 1. The summed E-state index contributed by atoms with van der Waals surface area (Å²) in [5.41, 5.74) is 0.608. The van der Waals surface area contributed by atoms with Gasteiger partial charge in [0.1, 0.15) is 11.8 Å². The van der Waals surface area contributed by atoms with Crippen LogP contribution in [0.2, 0.25) is 5.15 Å². The Kier molecular flexibility index (Phi) is 3.22. The number of nitrogens with one attached hydrogen (secondary N) is 1. The molecule has 0 saturated heterocycles. The quantitative estimate of drug-likeness (QED) is 0.830. The molecule has 0 amide bonds. The van der Waals surface area contributed by atoms with Gasteiger partial charge >= 0.3 is 0 Å². The van der Waals surface area contributed by atoms with Crippen LogP contribution in [0.4, 0.5) is 0 Å². The van der Waals surface area contributed by atoms with Crippen LogP contribution < -0.4 is 10.3 Å². The van der Waals surface area contributed by atoms with E-state index in [1.807, 2.05) is 0 Å². The third kappa shape index (κ3) is 2.61. The SMILES string of the molecule is O=c1[nH]cccc1OCc1ccc(Cl)nc1. The molecule has 2 heterocycles. The van der Waals surface area contributed by atoms with E-state index in [1.165, 1.54) is 0 Å². The first-order valence-corrected chi connectivity index (χ1v) is 5.04. The second kappa shape index (κ2) is 4.81. The van der Waals surface area contributed by atoms with Crippen molar-refractivity contribution in [1.82, 2.24) is 9.97 Å². The molecule has 0 unspecified atom stereocenters. The molecule has 82 valence electrons. The lowest BCUT2D eigenvalue weighted by atomic mass is 10.3. The Morgan fingerprint density at radius 2 is 2.25 bits per heavy atom. The smallest absolute Gasteiger partial charge is 0.290 e. The fourth-order valence-electron chi connectivity index (χ4n) is 1.17. The van der Waals surface area contributed by atoms with Crippen molar-refractivity contribution in [3.05, 3.63) is 57.7 Å². The van der Waals surface area contributed by atoms with E-state index in [0.29, 0.717) is 5.15 Å². The molecular weight excluding hydrogens is 228 g/mol. The molecule has 0 bridgehead atoms. The van der Waals surface area contributed by atoms with Crippen molar-refractivity contribution in [2.24, 2.45) is 0 Å². The summed E-state index contributed by atoms with van der Waals surface area (Å²) in [6.45, 7) is 0.289. The fourth-order valence-corrected chi connectivity index (χ4v) is 1.28. The molecule has 4 nitrogen and oxygen atoms in total. The first kappa shape index (κ1) is 10.7. The standard InChI is InChI=1S/C11H9ClN2O2/c12-10-4-3-8(6-14-10)7-16-9-2-1-5-13-11(9)15/h1-6H,7H2,(H,13,15). The molecule has 2 rings (SSSR count). The van der Waals surface area contributed by atoms with Crippen LogP contribution in [-0.4, -0.2) is 9.97 Å². The Morgan fingerprint density at radius 3 is 2.94 bits per heavy atom. The van der Waals surface area contributed by atoms with E-state index in [4.69, 9.17) is 16.3 Å². The van der Waals surface area contributed by atoms with Crippen LogP contribution in [0.5, 0.6) is 5.75 Å². The van der Waals surface area contributed by atoms with E-state index >= 15 is 0 Å². The number of hydrogen-bond acceptors (Lipinski definition) is 3. The molecule has 0 aromatic carbocycles. The van der Waals surface area contributed by atoms with Gasteiger partial charge in [-0.15, -0.1) is 0 Å². The zero-order valence-electron chi connectivity index (χ0n) is 8.31. The third-order valence-corrected chi connectivity index (χ3v) is 2.19. The summed E-state index contributed by atoms with van der Waals surface area (Å²) in [4.78, 5) is 17.7. The number of halogens is 1. The molecule has 0 saturated carbocycles. The Morgan fingerprint density at radius 1 is 1.38 bits per heavy atom. The van der Waals surface area contributed by atoms with Crippen molar-refractivity contribution < 1.29 is 4.74 Å². The van der Waals surface area contributed by atoms with Gasteiger partial charge < -0.3 is 9.72 Å². The zero-order chi connectivity index (χ0) is 11.4. The summed E-state index contributed by atoms with van der Waals surface area (Å²) in [6.07, 6.45) is 3.17. The molecule has 0 aliphatic heterocycles. The number of ether oxygens (including phenoxy) is 1. The Hall–Kier alpha value is -1.81. The Bertz CT molecular complexity index is 522. The fraction of sp³-hybridized carbons (Fsp3) is 0.0909. The lowest BCUT2D eigenvalue weighted by molar-refractivity contribution is 0.301. The maximum atomic E-state index is 11.3. The van der Waals surface area contributed by atoms with Crippen LogP contribution in [0.3, 0.4) is 0 Å². The van der Waals surface area contributed by atoms with Gasteiger partial charge in [0, 0.05) is 18.0 Å². The van der Waals surface area contributed by atoms with E-state index in [1.54, 1.807) is 36.7 Å². The maximum absolute atomic E-state index is 11.3. The van der Waals surface area contributed by atoms with Crippen molar-refractivity contribution in [1.29, 1.82) is 0 Å². The lowest BCUT2D eigenvalue weighted by Gasteiger charge is -2.04. The molecular formula is C11H9ClN2O2. The molecule has 2 aromatic heterocycles. The van der Waals surface area contributed by atoms with Gasteiger partial charge in [0.2, 0.25) is 0 Å². The van der Waals surface area contributed by atoms with Crippen molar-refractivity contribution in [2.45, 2.75) is 6.61 Å². The predicted octanol–water partition coefficient (Wildman–Crippen LogP) is 2.00. The van der Waals surface area contributed by atoms with Gasteiger partial charge in [0.05, 0.1) is 0 Å². The van der Waals surface area contributed by atoms with Crippen LogP contribution in [0, 0.1) is 0 Å². The van der Waals surface area contributed by atoms with Crippen molar-refractivity contribution in [3.63, 3.8) is 0 Å². The van der Waals surface area contributed by atoms with Gasteiger partial charge in [-0.05, 0) is 18.2 Å². The predicted molar refractivity (Wildman–Crippen MR) is 60.6 cm³/mol. The summed E-state index contributed by atoms with van der Waals surface area (Å²) in [7, 11) is 0. The minimum atomic E-state index is -0.246. The van der Waals surface area contributed by atoms with Crippen molar-refractivity contribution in [2.75, 3.05) is 0 Å². The highest BCUT2D eigenvalue weighted by molar-refractivity contribution is 6.29. The number of nitrogens with zero attached hydrogens (tertiary/aromatic N) is 1. The molecule has 1 N–H and O–H groups in total. The minimum absolute atomic E-state index is 0.246. The minimum Gasteiger partial charge on any atom is -0.483 e. The zero-order valence-corrected chi connectivity index (χ0v) is 9.07. The summed E-state index contributed by atoms with van der Waals surface area (Å²) in [6, 6.07) is 6.79. The van der Waals surface area contributed by atoms with Gasteiger partial charge in [0.25, 0.3) is 5.56 Å². The van der Waals surface area contributed by atoms with Gasteiger partial charge in [-0.25, -0.2) is 4.98 Å². The molecule has 0 aliphatic rings. The second-order valence-corrected chi connectivity index (χ2v) is 3.53. The van der Waals surface area contributed by atoms with Crippen LogP contribution in [0.1, 0.15) is 5.56 Å². The monoisotopic (exact) mass is 236 g/mol. The average molecular weight is 237 g/mol. The average Bonchev–Trinajstić information content (AvgIpc) is 2.30. The highest BCUT2D eigenvalue weighted by Crippen LogP contribution is 2.08. The van der Waals surface area contributed by atoms with Gasteiger partial charge in [-0.3, -0.25) is 4.79 Å². The normalized spacial score (nSPS) is 10.1. The number of aromatic amines is 1. The Balaban J connectivity index is 2.05. The van der Waals surface area contributed by atoms with Crippen LogP contribution in [0.25, 0.3) is 0 Å². The van der Waals surface area contributed by atoms with E-state index in [2.05, 4.69) is 9.97 Å². The summed E-state index contributed by atoms with van der Waals surface area (Å²) in [5, 5.41) is 0.432. The van der Waals surface area contributed by atoms with Crippen LogP contribution in [0.15, 0.2) is 41.5 Å². The van der Waals surface area contributed by atoms with E-state index < -0.39 is 0 Å². The highest BCUT2D eigenvalue weighted by atomic mass is 35.5. The van der Waals surface area contributed by atoms with Gasteiger partial charge in [-0.1, -0.05) is 17.7 Å². The van der Waals surface area contributed by atoms with Crippen LogP contribution >= 0.6 is 11.6 Å². The number of pyridine rings is 2. The van der Waals surface area contributed by atoms with Crippen LogP contribution in [-0.2, 0) is 6.61 Å². The third-order valence-electron chi connectivity index (χ3n) is 1.97. The van der Waals surface area contributed by atoms with Crippen molar-refractivity contribution >= 4 is 11.6 Å². The summed E-state index contributed by atoms with van der Waals surface area (Å²) in [5.74, 6) is 0.289. The Labute approximate surface area is 96.9 Å². The van der Waals surface area contributed by atoms with E-state index in [-0.39, 0.29) is 17.9 Å². The first-order valence-electron chi connectivity index (χ1n) is 4.66. The lowest BCUT2D eigenvalue weighted by Crippen LogP contribution is -2.09. The van der Waals surface area contributed by atoms with Gasteiger partial charge in [0.15, 0.2) is 5.75 Å². The molecule has 2 aromatic rings. The summed E-state index contributed by atoms with van der Waals surface area (Å²) < 4.78 is 5.34.